The highest BCUT2D eigenvalue weighted by atomic mass is 16.5. The molecule has 2 N–H and O–H groups in total. The van der Waals surface area contributed by atoms with Crippen LogP contribution in [0.25, 0.3) is 0 Å². The Hall–Kier alpha value is -1.06. The Morgan fingerprint density at radius 2 is 1.83 bits per heavy atom. The molecule has 0 bridgehead atoms. The fourth-order valence-electron chi connectivity index (χ4n) is 2.22. The third kappa shape index (κ3) is 4.31. The minimum absolute atomic E-state index is 0.525. The quantitative estimate of drug-likeness (QED) is 0.771. The van der Waals surface area contributed by atoms with Crippen LogP contribution < -0.4 is 10.5 Å². The zero-order valence-corrected chi connectivity index (χ0v) is 11.9. The Bertz CT molecular complexity index is 346. The Balaban J connectivity index is 2.76. The largest absolute Gasteiger partial charge is 0.496 e. The molecule has 0 aliphatic heterocycles. The molecule has 0 aliphatic carbocycles. The summed E-state index contributed by atoms with van der Waals surface area (Å²) in [4.78, 5) is 2.48. The van der Waals surface area contributed by atoms with Crippen LogP contribution >= 0.6 is 0 Å². The Kier molecular flexibility index (Phi) is 6.76. The lowest BCUT2D eigenvalue weighted by Crippen LogP contribution is -2.24. The third-order valence-corrected chi connectivity index (χ3v) is 3.06. The van der Waals surface area contributed by atoms with E-state index < -0.39 is 0 Å². The van der Waals surface area contributed by atoms with Gasteiger partial charge in [0, 0.05) is 18.7 Å². The molecular formula is C15H26N2O. The fraction of sp³-hybridized carbons (Fsp3) is 0.600. The molecule has 0 unspecified atom stereocenters. The van der Waals surface area contributed by atoms with Crippen molar-refractivity contribution >= 4 is 0 Å². The molecule has 0 aliphatic rings. The van der Waals surface area contributed by atoms with Crippen molar-refractivity contribution in [3.05, 3.63) is 29.3 Å². The monoisotopic (exact) mass is 250 g/mol. The van der Waals surface area contributed by atoms with Crippen molar-refractivity contribution in [1.82, 2.24) is 4.90 Å². The van der Waals surface area contributed by atoms with Crippen LogP contribution in [0, 0.1) is 0 Å². The molecule has 0 spiro atoms. The van der Waals surface area contributed by atoms with Crippen molar-refractivity contribution in [2.24, 2.45) is 5.73 Å². The summed E-state index contributed by atoms with van der Waals surface area (Å²) in [7, 11) is 1.70. The molecule has 0 amide bonds. The molecule has 0 atom stereocenters. The van der Waals surface area contributed by atoms with Crippen molar-refractivity contribution in [1.29, 1.82) is 0 Å². The summed E-state index contributed by atoms with van der Waals surface area (Å²) in [6.45, 7) is 8.26. The first-order valence-electron chi connectivity index (χ1n) is 6.83. The van der Waals surface area contributed by atoms with Gasteiger partial charge in [0.1, 0.15) is 5.75 Å². The lowest BCUT2D eigenvalue weighted by Gasteiger charge is -2.21. The number of hydrogen-bond acceptors (Lipinski definition) is 3. The summed E-state index contributed by atoms with van der Waals surface area (Å²) in [5.41, 5.74) is 8.05. The SMILES string of the molecule is CCCN(CCC)Cc1ccc(CN)c(OC)c1. The summed E-state index contributed by atoms with van der Waals surface area (Å²) >= 11 is 0. The van der Waals surface area contributed by atoms with Crippen LogP contribution in [0.5, 0.6) is 5.75 Å². The second-order valence-electron chi connectivity index (χ2n) is 4.63. The van der Waals surface area contributed by atoms with E-state index >= 15 is 0 Å². The van der Waals surface area contributed by atoms with E-state index in [1.165, 1.54) is 18.4 Å². The zero-order chi connectivity index (χ0) is 13.4. The van der Waals surface area contributed by atoms with Crippen LogP contribution in [-0.4, -0.2) is 25.1 Å². The highest BCUT2D eigenvalue weighted by Gasteiger charge is 2.07. The molecule has 1 aromatic carbocycles. The first kappa shape index (κ1) is 15.0. The third-order valence-electron chi connectivity index (χ3n) is 3.06. The van der Waals surface area contributed by atoms with Crippen molar-refractivity contribution in [2.45, 2.75) is 39.8 Å². The standard InChI is InChI=1S/C15H26N2O/c1-4-8-17(9-5-2)12-13-6-7-14(11-16)15(10-13)18-3/h6-7,10H,4-5,8-9,11-12,16H2,1-3H3. The number of hydrogen-bond donors (Lipinski definition) is 1. The Morgan fingerprint density at radius 1 is 1.17 bits per heavy atom. The maximum atomic E-state index is 5.68. The van der Waals surface area contributed by atoms with E-state index in [-0.39, 0.29) is 0 Å². The van der Waals surface area contributed by atoms with Gasteiger partial charge in [-0.15, -0.1) is 0 Å². The average Bonchev–Trinajstić information content (AvgIpc) is 2.39. The van der Waals surface area contributed by atoms with Gasteiger partial charge in [0.15, 0.2) is 0 Å². The van der Waals surface area contributed by atoms with E-state index in [1.807, 2.05) is 0 Å². The number of nitrogens with zero attached hydrogens (tertiary/aromatic N) is 1. The van der Waals surface area contributed by atoms with Gasteiger partial charge < -0.3 is 10.5 Å². The molecule has 0 fully saturated rings. The van der Waals surface area contributed by atoms with Crippen molar-refractivity contribution in [2.75, 3.05) is 20.2 Å². The molecule has 0 saturated carbocycles. The van der Waals surface area contributed by atoms with E-state index in [0.29, 0.717) is 6.54 Å². The number of methoxy groups -OCH3 is 1. The second kappa shape index (κ2) is 8.11. The predicted octanol–water partition coefficient (Wildman–Crippen LogP) is 2.78. The van der Waals surface area contributed by atoms with Gasteiger partial charge in [-0.25, -0.2) is 0 Å². The van der Waals surface area contributed by atoms with Gasteiger partial charge in [0.05, 0.1) is 7.11 Å². The van der Waals surface area contributed by atoms with Crippen molar-refractivity contribution in [3.8, 4) is 5.75 Å². The van der Waals surface area contributed by atoms with Crippen LogP contribution in [0.3, 0.4) is 0 Å². The highest BCUT2D eigenvalue weighted by Crippen LogP contribution is 2.20. The highest BCUT2D eigenvalue weighted by molar-refractivity contribution is 5.37. The van der Waals surface area contributed by atoms with Gasteiger partial charge in [-0.2, -0.15) is 0 Å². The van der Waals surface area contributed by atoms with Crippen LogP contribution in [0.15, 0.2) is 18.2 Å². The number of benzene rings is 1. The summed E-state index contributed by atoms with van der Waals surface area (Å²) in [6.07, 6.45) is 2.38. The minimum atomic E-state index is 0.525. The van der Waals surface area contributed by atoms with E-state index in [1.54, 1.807) is 7.11 Å². The van der Waals surface area contributed by atoms with E-state index in [4.69, 9.17) is 10.5 Å². The molecule has 1 aromatic rings. The van der Waals surface area contributed by atoms with Gasteiger partial charge in [0.25, 0.3) is 0 Å². The second-order valence-corrected chi connectivity index (χ2v) is 4.63. The molecule has 3 heteroatoms. The lowest BCUT2D eigenvalue weighted by molar-refractivity contribution is 0.266. The number of rotatable bonds is 8. The lowest BCUT2D eigenvalue weighted by atomic mass is 10.1. The van der Waals surface area contributed by atoms with Crippen LogP contribution in [0.2, 0.25) is 0 Å². The normalized spacial score (nSPS) is 10.9. The minimum Gasteiger partial charge on any atom is -0.496 e. The molecule has 1 rings (SSSR count). The van der Waals surface area contributed by atoms with Gasteiger partial charge in [-0.05, 0) is 37.6 Å². The first-order chi connectivity index (χ1) is 8.74. The molecule has 0 saturated heterocycles. The van der Waals surface area contributed by atoms with E-state index in [2.05, 4.69) is 36.9 Å². The smallest absolute Gasteiger partial charge is 0.123 e. The fourth-order valence-corrected chi connectivity index (χ4v) is 2.22. The number of ether oxygens (including phenoxy) is 1. The molecule has 0 heterocycles. The Labute approximate surface area is 111 Å². The summed E-state index contributed by atoms with van der Waals surface area (Å²) < 4.78 is 5.38. The molecule has 3 nitrogen and oxygen atoms in total. The number of nitrogens with two attached hydrogens (primary N) is 1. The van der Waals surface area contributed by atoms with Gasteiger partial charge >= 0.3 is 0 Å². The summed E-state index contributed by atoms with van der Waals surface area (Å²) in [5, 5.41) is 0. The topological polar surface area (TPSA) is 38.5 Å². The van der Waals surface area contributed by atoms with Crippen LogP contribution in [0.1, 0.15) is 37.8 Å². The first-order valence-corrected chi connectivity index (χ1v) is 6.83. The predicted molar refractivity (Wildman–Crippen MR) is 76.7 cm³/mol. The molecular weight excluding hydrogens is 224 g/mol. The van der Waals surface area contributed by atoms with Crippen LogP contribution in [-0.2, 0) is 13.1 Å². The van der Waals surface area contributed by atoms with Gasteiger partial charge in [-0.1, -0.05) is 26.0 Å². The van der Waals surface area contributed by atoms with Crippen LogP contribution in [0.4, 0.5) is 0 Å². The molecule has 102 valence electrons. The van der Waals surface area contributed by atoms with Crippen molar-refractivity contribution in [3.63, 3.8) is 0 Å². The molecule has 0 radical (unpaired) electrons. The maximum Gasteiger partial charge on any atom is 0.123 e. The van der Waals surface area contributed by atoms with Gasteiger partial charge in [0.2, 0.25) is 0 Å². The summed E-state index contributed by atoms with van der Waals surface area (Å²) in [6, 6.07) is 6.34. The summed E-state index contributed by atoms with van der Waals surface area (Å²) in [5.74, 6) is 0.906. The Morgan fingerprint density at radius 3 is 2.33 bits per heavy atom. The van der Waals surface area contributed by atoms with E-state index in [9.17, 15) is 0 Å². The van der Waals surface area contributed by atoms with E-state index in [0.717, 1.165) is 30.9 Å². The zero-order valence-electron chi connectivity index (χ0n) is 11.9. The molecule has 18 heavy (non-hydrogen) atoms. The maximum absolute atomic E-state index is 5.68. The van der Waals surface area contributed by atoms with Crippen molar-refractivity contribution < 1.29 is 4.74 Å². The average molecular weight is 250 g/mol. The molecule has 0 aromatic heterocycles. The van der Waals surface area contributed by atoms with Gasteiger partial charge in [-0.3, -0.25) is 4.90 Å².